The number of ether oxygens (including phenoxy) is 2. The fraction of sp³-hybridized carbons (Fsp3) is 0.583. The van der Waals surface area contributed by atoms with Gasteiger partial charge in [-0.2, -0.15) is 0 Å². The molecule has 2 atom stereocenters. The number of unbranched alkanes of at least 4 members (excludes halogenated alkanes) is 14. The van der Waals surface area contributed by atoms with Gasteiger partial charge in [-0.3, -0.25) is 18.6 Å². The van der Waals surface area contributed by atoms with Crippen molar-refractivity contribution < 1.29 is 42.1 Å². The molecule has 0 amide bonds. The quantitative estimate of drug-likeness (QED) is 0.0211. The lowest BCUT2D eigenvalue weighted by atomic mass is 10.1. The molecule has 0 aliphatic carbocycles. The van der Waals surface area contributed by atoms with Gasteiger partial charge in [0.15, 0.2) is 6.10 Å². The van der Waals surface area contributed by atoms with Gasteiger partial charge in [0.2, 0.25) is 0 Å². The van der Waals surface area contributed by atoms with Gasteiger partial charge in [-0.25, -0.2) is 4.57 Å². The molecule has 0 aliphatic rings. The average molecular weight is 1160 g/mol. The Hall–Kier alpha value is -4.63. The van der Waals surface area contributed by atoms with Crippen LogP contribution in [0, 0.1) is 0 Å². The first-order valence-electron chi connectivity index (χ1n) is 31.9. The SMILES string of the molecule is CC/C=C\C/C=C\C/C=C\C/C=C\C/C=C\C/C=C\C/C=C\C/C=C\C/C=C\C/C=C\C/C=C\C/C=C\CCCCC(=O)OC(COC(=O)CCCCCCCCCCC/C=C\C/C=C\CCCCC)COP(=O)(O)OCC[N+](C)(C)C. The number of carbonyl (C=O) groups is 2. The number of phosphoric ester groups is 1. The highest BCUT2D eigenvalue weighted by molar-refractivity contribution is 7.47. The van der Waals surface area contributed by atoms with Crippen LogP contribution in [0.5, 0.6) is 0 Å². The summed E-state index contributed by atoms with van der Waals surface area (Å²) in [5.41, 5.74) is 0. The maximum atomic E-state index is 12.8. The van der Waals surface area contributed by atoms with E-state index in [-0.39, 0.29) is 26.1 Å². The molecular formula is C72H117NO8P+. The molecule has 0 radical (unpaired) electrons. The monoisotopic (exact) mass is 1150 g/mol. The van der Waals surface area contributed by atoms with Crippen molar-refractivity contribution in [3.05, 3.63) is 170 Å². The summed E-state index contributed by atoms with van der Waals surface area (Å²) in [5.74, 6) is -0.866. The molecule has 2 unspecified atom stereocenters. The van der Waals surface area contributed by atoms with Gasteiger partial charge in [-0.1, -0.05) is 242 Å². The molecule has 1 N–H and O–H groups in total. The minimum atomic E-state index is -4.41. The molecule has 0 saturated carbocycles. The van der Waals surface area contributed by atoms with E-state index in [1.54, 1.807) is 0 Å². The number of quaternary nitrogens is 1. The van der Waals surface area contributed by atoms with Gasteiger partial charge in [-0.15, -0.1) is 0 Å². The molecule has 10 heteroatoms. The minimum absolute atomic E-state index is 0.0131. The highest BCUT2D eigenvalue weighted by atomic mass is 31.2. The number of hydrogen-bond acceptors (Lipinski definition) is 7. The van der Waals surface area contributed by atoms with E-state index in [1.165, 1.54) is 57.8 Å². The van der Waals surface area contributed by atoms with Crippen LogP contribution < -0.4 is 0 Å². The van der Waals surface area contributed by atoms with Crippen LogP contribution in [0.3, 0.4) is 0 Å². The van der Waals surface area contributed by atoms with E-state index < -0.39 is 32.5 Å². The Balaban J connectivity index is 4.26. The average Bonchev–Trinajstić information content (AvgIpc) is 3.46. The van der Waals surface area contributed by atoms with Gasteiger partial charge in [0.1, 0.15) is 19.8 Å². The predicted octanol–water partition coefficient (Wildman–Crippen LogP) is 20.6. The molecule has 9 nitrogen and oxygen atoms in total. The number of nitrogens with zero attached hydrogens (tertiary/aromatic N) is 1. The third-order valence-corrected chi connectivity index (χ3v) is 13.7. The largest absolute Gasteiger partial charge is 0.472 e. The first-order valence-corrected chi connectivity index (χ1v) is 33.4. The maximum absolute atomic E-state index is 12.8. The first-order chi connectivity index (χ1) is 40.0. The van der Waals surface area contributed by atoms with Gasteiger partial charge in [-0.05, 0) is 135 Å². The normalized spacial score (nSPS) is 14.4. The van der Waals surface area contributed by atoms with Crippen molar-refractivity contribution in [2.45, 2.75) is 225 Å². The van der Waals surface area contributed by atoms with Crippen LogP contribution in [-0.4, -0.2) is 74.9 Å². The number of phosphoric acid groups is 1. The number of likely N-dealkylation sites (N-methyl/N-ethyl adjacent to an activating group) is 1. The topological polar surface area (TPSA) is 108 Å². The Bertz CT molecular complexity index is 1990. The zero-order chi connectivity index (χ0) is 59.8. The Morgan fingerprint density at radius 1 is 0.390 bits per heavy atom. The Kier molecular flexibility index (Phi) is 57.5. The van der Waals surface area contributed by atoms with Gasteiger partial charge in [0.05, 0.1) is 27.7 Å². The molecule has 0 saturated heterocycles. The van der Waals surface area contributed by atoms with Gasteiger partial charge < -0.3 is 18.9 Å². The summed E-state index contributed by atoms with van der Waals surface area (Å²) >= 11 is 0. The molecule has 0 rings (SSSR count). The van der Waals surface area contributed by atoms with Gasteiger partial charge in [0.25, 0.3) is 0 Å². The molecule has 0 spiro atoms. The fourth-order valence-electron chi connectivity index (χ4n) is 7.85. The summed E-state index contributed by atoms with van der Waals surface area (Å²) in [6.07, 6.45) is 93.0. The van der Waals surface area contributed by atoms with Crippen molar-refractivity contribution in [2.24, 2.45) is 0 Å². The van der Waals surface area contributed by atoms with E-state index in [0.717, 1.165) is 128 Å². The van der Waals surface area contributed by atoms with Crippen molar-refractivity contribution >= 4 is 19.8 Å². The molecule has 0 aromatic rings. The number of rotatable bonds is 56. The third kappa shape index (κ3) is 64.5. The van der Waals surface area contributed by atoms with Crippen molar-refractivity contribution in [3.63, 3.8) is 0 Å². The van der Waals surface area contributed by atoms with Crippen molar-refractivity contribution in [2.75, 3.05) is 47.5 Å². The summed E-state index contributed by atoms with van der Waals surface area (Å²) in [5, 5.41) is 0. The smallest absolute Gasteiger partial charge is 0.462 e. The van der Waals surface area contributed by atoms with E-state index in [9.17, 15) is 19.0 Å². The third-order valence-electron chi connectivity index (χ3n) is 12.7. The standard InChI is InChI=1S/C72H116NO8P/c1-6-8-10-12-14-16-18-20-22-24-26-27-28-29-30-31-32-33-34-35-36-37-38-39-40-41-42-43-44-45-47-49-51-53-55-57-59-61-63-65-72(75)81-70(69-80-82(76,77)79-67-66-73(3,4)5)68-78-71(74)64-62-60-58-56-54-52-50-48-46-25-23-21-19-17-15-13-11-9-7-2/h8,10,14-17,20-23,26-27,29-30,32-33,35-36,38-39,41-42,44-45,49,51,55,57,70H,6-7,9,11-13,18-19,24-25,28,31,34,37,40,43,46-48,50,52-54,56,58-69H2,1-5H3/p+1/b10-8-,16-14-,17-15-,22-20-,23-21-,27-26-,30-29-,33-32-,36-35-,39-38-,42-41-,45-44-,51-49-,57-55-. The molecule has 0 aromatic carbocycles. The first kappa shape index (κ1) is 77.4. The van der Waals surface area contributed by atoms with Crippen LogP contribution in [0.1, 0.15) is 219 Å². The highest BCUT2D eigenvalue weighted by Crippen LogP contribution is 2.43. The Morgan fingerprint density at radius 2 is 0.695 bits per heavy atom. The molecule has 0 aliphatic heterocycles. The Labute approximate surface area is 502 Å². The maximum Gasteiger partial charge on any atom is 0.472 e. The number of carbonyl (C=O) groups excluding carboxylic acids is 2. The summed E-state index contributed by atoms with van der Waals surface area (Å²) in [7, 11) is 1.42. The zero-order valence-corrected chi connectivity index (χ0v) is 53.3. The molecule has 0 fully saturated rings. The van der Waals surface area contributed by atoms with Crippen LogP contribution in [0.4, 0.5) is 0 Å². The van der Waals surface area contributed by atoms with E-state index >= 15 is 0 Å². The van der Waals surface area contributed by atoms with E-state index in [2.05, 4.69) is 184 Å². The van der Waals surface area contributed by atoms with Crippen LogP contribution in [-0.2, 0) is 32.7 Å². The van der Waals surface area contributed by atoms with Crippen molar-refractivity contribution in [1.29, 1.82) is 0 Å². The summed E-state index contributed by atoms with van der Waals surface area (Å²) in [6, 6.07) is 0. The molecule has 462 valence electrons. The lowest BCUT2D eigenvalue weighted by molar-refractivity contribution is -0.870. The van der Waals surface area contributed by atoms with Crippen LogP contribution in [0.2, 0.25) is 0 Å². The second-order valence-corrected chi connectivity index (χ2v) is 23.2. The molecule has 0 heterocycles. The van der Waals surface area contributed by atoms with Crippen molar-refractivity contribution in [1.82, 2.24) is 0 Å². The molecule has 0 aromatic heterocycles. The summed E-state index contributed by atoms with van der Waals surface area (Å²) in [6.45, 7) is 4.22. The number of hydrogen-bond donors (Lipinski definition) is 1. The van der Waals surface area contributed by atoms with Crippen molar-refractivity contribution in [3.8, 4) is 0 Å². The van der Waals surface area contributed by atoms with E-state index in [4.69, 9.17) is 18.5 Å². The molecule has 82 heavy (non-hydrogen) atoms. The fourth-order valence-corrected chi connectivity index (χ4v) is 8.59. The predicted molar refractivity (Wildman–Crippen MR) is 353 cm³/mol. The second kappa shape index (κ2) is 60.9. The van der Waals surface area contributed by atoms with Gasteiger partial charge in [0, 0.05) is 12.8 Å². The van der Waals surface area contributed by atoms with Crippen LogP contribution >= 0.6 is 7.82 Å². The van der Waals surface area contributed by atoms with Crippen LogP contribution in [0.25, 0.3) is 0 Å². The van der Waals surface area contributed by atoms with Gasteiger partial charge >= 0.3 is 19.8 Å². The lowest BCUT2D eigenvalue weighted by Crippen LogP contribution is -2.37. The summed E-state index contributed by atoms with van der Waals surface area (Å²) in [4.78, 5) is 35.7. The number of esters is 2. The summed E-state index contributed by atoms with van der Waals surface area (Å²) < 4.78 is 34.5. The highest BCUT2D eigenvalue weighted by Gasteiger charge is 2.27. The molecular weight excluding hydrogens is 1040 g/mol. The minimum Gasteiger partial charge on any atom is -0.462 e. The van der Waals surface area contributed by atoms with E-state index in [1.807, 2.05) is 21.1 Å². The molecule has 0 bridgehead atoms. The van der Waals surface area contributed by atoms with E-state index in [0.29, 0.717) is 17.4 Å². The Morgan fingerprint density at radius 3 is 1.06 bits per heavy atom. The zero-order valence-electron chi connectivity index (χ0n) is 52.4. The van der Waals surface area contributed by atoms with Crippen LogP contribution in [0.15, 0.2) is 170 Å². The number of allylic oxidation sites excluding steroid dienone is 28. The second-order valence-electron chi connectivity index (χ2n) is 21.7. The lowest BCUT2D eigenvalue weighted by Gasteiger charge is -2.24.